The molecule has 0 aromatic heterocycles. The maximum absolute atomic E-state index is 11.6. The Balaban J connectivity index is 3.31. The molecule has 0 rings (SSSR count). The second-order valence-electron chi connectivity index (χ2n) is 7.68. The van der Waals surface area contributed by atoms with Crippen molar-refractivity contribution in [2.45, 2.75) is 59.5 Å². The largest absolute Gasteiger partial charge is 0.379 e. The van der Waals surface area contributed by atoms with Crippen molar-refractivity contribution in [1.82, 2.24) is 10.6 Å². The first-order valence-electron chi connectivity index (χ1n) is 11.2. The van der Waals surface area contributed by atoms with E-state index in [-0.39, 0.29) is 36.0 Å². The molecular formula is C22H42N2O7. The molecule has 0 heterocycles. The van der Waals surface area contributed by atoms with Crippen molar-refractivity contribution in [3.8, 4) is 0 Å². The molecule has 0 aliphatic carbocycles. The Morgan fingerprint density at radius 1 is 0.645 bits per heavy atom. The normalized spacial score (nSPS) is 11.2. The van der Waals surface area contributed by atoms with E-state index >= 15 is 0 Å². The highest BCUT2D eigenvalue weighted by Crippen LogP contribution is 2.00. The van der Waals surface area contributed by atoms with Gasteiger partial charge >= 0.3 is 0 Å². The highest BCUT2D eigenvalue weighted by Gasteiger charge is 2.07. The van der Waals surface area contributed by atoms with Crippen molar-refractivity contribution in [2.75, 3.05) is 59.3 Å². The van der Waals surface area contributed by atoms with Crippen LogP contribution in [-0.2, 0) is 33.3 Å². The number of amides is 2. The molecule has 2 N–H and O–H groups in total. The SMILES string of the molecule is CC(C)OCCNC(=O)CCOCCOCCOCCC(=O)NCCCC(=O)C(C)C. The fourth-order valence-electron chi connectivity index (χ4n) is 2.31. The molecular weight excluding hydrogens is 404 g/mol. The van der Waals surface area contributed by atoms with Gasteiger partial charge in [0.05, 0.1) is 52.4 Å². The van der Waals surface area contributed by atoms with Crippen LogP contribution in [-0.4, -0.2) is 83.0 Å². The van der Waals surface area contributed by atoms with Crippen LogP contribution in [0.1, 0.15) is 53.4 Å². The van der Waals surface area contributed by atoms with E-state index in [9.17, 15) is 14.4 Å². The summed E-state index contributed by atoms with van der Waals surface area (Å²) in [5, 5.41) is 5.55. The number of ether oxygens (including phenoxy) is 4. The molecule has 0 fully saturated rings. The van der Waals surface area contributed by atoms with Crippen LogP contribution >= 0.6 is 0 Å². The fourth-order valence-corrected chi connectivity index (χ4v) is 2.31. The first-order valence-corrected chi connectivity index (χ1v) is 11.2. The highest BCUT2D eigenvalue weighted by atomic mass is 16.5. The van der Waals surface area contributed by atoms with Crippen molar-refractivity contribution in [1.29, 1.82) is 0 Å². The third-order valence-electron chi connectivity index (χ3n) is 4.13. The van der Waals surface area contributed by atoms with E-state index in [1.54, 1.807) is 0 Å². The number of nitrogens with one attached hydrogen (secondary N) is 2. The van der Waals surface area contributed by atoms with Gasteiger partial charge in [-0.15, -0.1) is 0 Å². The van der Waals surface area contributed by atoms with E-state index in [1.165, 1.54) is 0 Å². The molecule has 0 aliphatic rings. The molecule has 9 heteroatoms. The molecule has 0 aromatic carbocycles. The third-order valence-corrected chi connectivity index (χ3v) is 4.13. The van der Waals surface area contributed by atoms with Gasteiger partial charge < -0.3 is 29.6 Å². The topological polar surface area (TPSA) is 112 Å². The van der Waals surface area contributed by atoms with Crippen LogP contribution in [0.15, 0.2) is 0 Å². The number of carbonyl (C=O) groups is 3. The summed E-state index contributed by atoms with van der Waals surface area (Å²) in [4.78, 5) is 34.7. The maximum Gasteiger partial charge on any atom is 0.222 e. The summed E-state index contributed by atoms with van der Waals surface area (Å²) in [7, 11) is 0. The monoisotopic (exact) mass is 446 g/mol. The summed E-state index contributed by atoms with van der Waals surface area (Å²) < 4.78 is 21.4. The molecule has 31 heavy (non-hydrogen) atoms. The second kappa shape index (κ2) is 20.4. The molecule has 0 spiro atoms. The van der Waals surface area contributed by atoms with Crippen LogP contribution in [0.25, 0.3) is 0 Å². The summed E-state index contributed by atoms with van der Waals surface area (Å²) in [6.07, 6.45) is 1.91. The van der Waals surface area contributed by atoms with Crippen molar-refractivity contribution in [2.24, 2.45) is 5.92 Å². The summed E-state index contributed by atoms with van der Waals surface area (Å²) in [6, 6.07) is 0. The van der Waals surface area contributed by atoms with Crippen LogP contribution in [0, 0.1) is 5.92 Å². The van der Waals surface area contributed by atoms with Gasteiger partial charge in [0.25, 0.3) is 0 Å². The Labute approximate surface area is 186 Å². The van der Waals surface area contributed by atoms with Gasteiger partial charge in [-0.2, -0.15) is 0 Å². The Morgan fingerprint density at radius 3 is 1.61 bits per heavy atom. The van der Waals surface area contributed by atoms with Crippen molar-refractivity contribution >= 4 is 17.6 Å². The molecule has 0 atom stereocenters. The van der Waals surface area contributed by atoms with Crippen LogP contribution < -0.4 is 10.6 Å². The molecule has 0 aromatic rings. The summed E-state index contributed by atoms with van der Waals surface area (Å²) in [5.41, 5.74) is 0. The molecule has 0 unspecified atom stereocenters. The average molecular weight is 447 g/mol. The minimum absolute atomic E-state index is 0.0459. The smallest absolute Gasteiger partial charge is 0.222 e. The predicted molar refractivity (Wildman–Crippen MR) is 118 cm³/mol. The summed E-state index contributed by atoms with van der Waals surface area (Å²) in [6.45, 7) is 11.5. The minimum atomic E-state index is -0.0807. The van der Waals surface area contributed by atoms with Crippen LogP contribution in [0.5, 0.6) is 0 Å². The number of hydrogen-bond acceptors (Lipinski definition) is 7. The van der Waals surface area contributed by atoms with Crippen molar-refractivity contribution in [3.05, 3.63) is 0 Å². The lowest BCUT2D eigenvalue weighted by Crippen LogP contribution is -2.28. The van der Waals surface area contributed by atoms with Crippen molar-refractivity contribution in [3.63, 3.8) is 0 Å². The Kier molecular flexibility index (Phi) is 19.3. The van der Waals surface area contributed by atoms with E-state index in [4.69, 9.17) is 18.9 Å². The third kappa shape index (κ3) is 21.5. The molecule has 182 valence electrons. The van der Waals surface area contributed by atoms with Gasteiger partial charge in [-0.1, -0.05) is 13.8 Å². The molecule has 0 saturated heterocycles. The van der Waals surface area contributed by atoms with Gasteiger partial charge in [-0.3, -0.25) is 14.4 Å². The first kappa shape index (κ1) is 29.5. The molecule has 9 nitrogen and oxygen atoms in total. The lowest BCUT2D eigenvalue weighted by atomic mass is 10.0. The lowest BCUT2D eigenvalue weighted by molar-refractivity contribution is -0.124. The number of ketones is 1. The highest BCUT2D eigenvalue weighted by molar-refractivity contribution is 5.80. The zero-order valence-corrected chi connectivity index (χ0v) is 19.7. The number of hydrogen-bond donors (Lipinski definition) is 2. The molecule has 0 bridgehead atoms. The van der Waals surface area contributed by atoms with E-state index < -0.39 is 0 Å². The van der Waals surface area contributed by atoms with Gasteiger partial charge in [0.1, 0.15) is 5.78 Å². The number of carbonyl (C=O) groups excluding carboxylic acids is 3. The molecule has 0 aliphatic heterocycles. The fraction of sp³-hybridized carbons (Fsp3) is 0.864. The second-order valence-corrected chi connectivity index (χ2v) is 7.68. The first-order chi connectivity index (χ1) is 14.8. The standard InChI is InChI=1S/C22H42N2O7/c1-18(2)20(25)6-5-9-23-21(26)7-11-28-14-16-30-17-15-29-12-8-22(27)24-10-13-31-19(3)4/h18-19H,5-17H2,1-4H3,(H,23,26)(H,24,27). The van der Waals surface area contributed by atoms with E-state index in [1.807, 2.05) is 27.7 Å². The van der Waals surface area contributed by atoms with Crippen molar-refractivity contribution < 1.29 is 33.3 Å². The minimum Gasteiger partial charge on any atom is -0.379 e. The predicted octanol–water partition coefficient (Wildman–Crippen LogP) is 1.48. The Bertz CT molecular complexity index is 484. The van der Waals surface area contributed by atoms with Gasteiger partial charge in [0, 0.05) is 38.3 Å². The van der Waals surface area contributed by atoms with E-state index in [0.29, 0.717) is 78.6 Å². The Morgan fingerprint density at radius 2 is 1.13 bits per heavy atom. The average Bonchev–Trinajstić information content (AvgIpc) is 2.72. The Hall–Kier alpha value is -1.55. The summed E-state index contributed by atoms with van der Waals surface area (Å²) in [5.74, 6) is 0.124. The molecule has 0 saturated carbocycles. The van der Waals surface area contributed by atoms with Gasteiger partial charge in [0.15, 0.2) is 0 Å². The summed E-state index contributed by atoms with van der Waals surface area (Å²) >= 11 is 0. The van der Waals surface area contributed by atoms with E-state index in [0.717, 1.165) is 0 Å². The van der Waals surface area contributed by atoms with E-state index in [2.05, 4.69) is 10.6 Å². The quantitative estimate of drug-likeness (QED) is 0.257. The van der Waals surface area contributed by atoms with Crippen LogP contribution in [0.2, 0.25) is 0 Å². The maximum atomic E-state index is 11.6. The number of Topliss-reactive ketones (excluding diaryl/α,β-unsaturated/α-hetero) is 1. The van der Waals surface area contributed by atoms with Crippen LogP contribution in [0.4, 0.5) is 0 Å². The lowest BCUT2D eigenvalue weighted by Gasteiger charge is -2.09. The zero-order chi connectivity index (χ0) is 23.3. The van der Waals surface area contributed by atoms with Gasteiger partial charge in [-0.25, -0.2) is 0 Å². The molecule has 0 radical (unpaired) electrons. The zero-order valence-electron chi connectivity index (χ0n) is 19.7. The number of rotatable bonds is 21. The van der Waals surface area contributed by atoms with Gasteiger partial charge in [-0.05, 0) is 20.3 Å². The van der Waals surface area contributed by atoms with Gasteiger partial charge in [0.2, 0.25) is 11.8 Å². The molecule has 2 amide bonds. The van der Waals surface area contributed by atoms with Crippen LogP contribution in [0.3, 0.4) is 0 Å².